The number of nitrogens with two attached hydrogens (primary N) is 1. The van der Waals surface area contributed by atoms with Crippen LogP contribution >= 0.6 is 0 Å². The highest BCUT2D eigenvalue weighted by molar-refractivity contribution is 5.32. The van der Waals surface area contributed by atoms with Gasteiger partial charge in [0.15, 0.2) is 0 Å². The molecule has 20 heavy (non-hydrogen) atoms. The van der Waals surface area contributed by atoms with E-state index in [1.54, 1.807) is 0 Å². The monoisotopic (exact) mass is 279 g/mol. The van der Waals surface area contributed by atoms with Gasteiger partial charge in [-0.2, -0.15) is 0 Å². The van der Waals surface area contributed by atoms with Crippen molar-refractivity contribution in [3.05, 3.63) is 35.4 Å². The van der Waals surface area contributed by atoms with E-state index in [1.807, 2.05) is 0 Å². The van der Waals surface area contributed by atoms with E-state index in [1.165, 1.54) is 50.7 Å². The second-order valence-corrected chi connectivity index (χ2v) is 6.91. The fraction of sp³-hybridized carbons (Fsp3) is 0.647. The van der Waals surface area contributed by atoms with E-state index in [2.05, 4.69) is 0 Å². The number of halogens is 2. The molecule has 1 nitrogen and oxygen atoms in total. The van der Waals surface area contributed by atoms with Crippen LogP contribution in [0.3, 0.4) is 0 Å². The van der Waals surface area contributed by atoms with Gasteiger partial charge in [0.1, 0.15) is 11.6 Å². The first-order valence-electron chi connectivity index (χ1n) is 7.74. The minimum Gasteiger partial charge on any atom is -0.330 e. The molecule has 0 heterocycles. The summed E-state index contributed by atoms with van der Waals surface area (Å²) in [4.78, 5) is 0. The molecule has 2 N–H and O–H groups in total. The summed E-state index contributed by atoms with van der Waals surface area (Å²) in [6.45, 7) is 0.484. The third kappa shape index (κ3) is 2.37. The maximum absolute atomic E-state index is 13.5. The average Bonchev–Trinajstić information content (AvgIpc) is 2.60. The first-order chi connectivity index (χ1) is 9.57. The van der Waals surface area contributed by atoms with Gasteiger partial charge in [-0.15, -0.1) is 0 Å². The van der Waals surface area contributed by atoms with Crippen molar-refractivity contribution < 1.29 is 8.78 Å². The summed E-state index contributed by atoms with van der Waals surface area (Å²) in [5, 5.41) is 0. The molecule has 1 aromatic rings. The van der Waals surface area contributed by atoms with Gasteiger partial charge in [-0.1, -0.05) is 25.7 Å². The normalized spacial score (nSPS) is 24.1. The topological polar surface area (TPSA) is 26.0 Å². The molecule has 0 atom stereocenters. The summed E-state index contributed by atoms with van der Waals surface area (Å²) in [5.41, 5.74) is 6.93. The summed E-state index contributed by atoms with van der Waals surface area (Å²) in [5.74, 6) is -0.982. The SMILES string of the molecule is NCC1(c2cc(F)cc(F)c2)CC2(CCCCCC2)C1. The van der Waals surface area contributed by atoms with E-state index >= 15 is 0 Å². The standard InChI is InChI=1S/C17H23F2N/c18-14-7-13(8-15(19)9-14)17(12-20)10-16(11-17)5-3-1-2-4-6-16/h7-9H,1-6,10-12,20H2. The zero-order valence-electron chi connectivity index (χ0n) is 11.9. The number of benzene rings is 1. The van der Waals surface area contributed by atoms with Crippen molar-refractivity contribution in [2.75, 3.05) is 6.54 Å². The first-order valence-corrected chi connectivity index (χ1v) is 7.74. The lowest BCUT2D eigenvalue weighted by molar-refractivity contribution is 0.0109. The average molecular weight is 279 g/mol. The highest BCUT2D eigenvalue weighted by Crippen LogP contribution is 2.60. The van der Waals surface area contributed by atoms with Crippen molar-refractivity contribution in [1.29, 1.82) is 0 Å². The third-order valence-electron chi connectivity index (χ3n) is 5.46. The molecule has 0 bridgehead atoms. The Morgan fingerprint density at radius 3 is 1.95 bits per heavy atom. The minimum atomic E-state index is -0.491. The Bertz CT molecular complexity index is 462. The van der Waals surface area contributed by atoms with E-state index in [-0.39, 0.29) is 5.41 Å². The lowest BCUT2D eigenvalue weighted by Crippen LogP contribution is -2.53. The second-order valence-electron chi connectivity index (χ2n) is 6.91. The molecule has 0 saturated heterocycles. The summed E-state index contributed by atoms with van der Waals surface area (Å²) < 4.78 is 26.9. The van der Waals surface area contributed by atoms with E-state index in [4.69, 9.17) is 5.73 Å². The van der Waals surface area contributed by atoms with E-state index in [0.717, 1.165) is 24.5 Å². The predicted molar refractivity (Wildman–Crippen MR) is 76.5 cm³/mol. The van der Waals surface area contributed by atoms with Crippen LogP contribution in [0.5, 0.6) is 0 Å². The van der Waals surface area contributed by atoms with E-state index in [9.17, 15) is 8.78 Å². The largest absolute Gasteiger partial charge is 0.330 e. The molecule has 110 valence electrons. The third-order valence-corrected chi connectivity index (χ3v) is 5.46. The van der Waals surface area contributed by atoms with Crippen molar-refractivity contribution in [2.45, 2.75) is 56.8 Å². The molecule has 0 amide bonds. The molecule has 0 aliphatic heterocycles. The zero-order valence-corrected chi connectivity index (χ0v) is 11.9. The highest BCUT2D eigenvalue weighted by Gasteiger charge is 2.53. The van der Waals surface area contributed by atoms with E-state index in [0.29, 0.717) is 12.0 Å². The van der Waals surface area contributed by atoms with Crippen molar-refractivity contribution in [3.63, 3.8) is 0 Å². The number of hydrogen-bond donors (Lipinski definition) is 1. The Balaban J connectivity index is 1.84. The summed E-state index contributed by atoms with van der Waals surface area (Å²) >= 11 is 0. The van der Waals surface area contributed by atoms with Crippen LogP contribution in [0.2, 0.25) is 0 Å². The van der Waals surface area contributed by atoms with Gasteiger partial charge in [-0.3, -0.25) is 0 Å². The van der Waals surface area contributed by atoms with Gasteiger partial charge in [-0.05, 0) is 48.8 Å². The van der Waals surface area contributed by atoms with Gasteiger partial charge in [0.05, 0.1) is 0 Å². The molecule has 3 heteroatoms. The maximum Gasteiger partial charge on any atom is 0.126 e. The smallest absolute Gasteiger partial charge is 0.126 e. The van der Waals surface area contributed by atoms with Gasteiger partial charge < -0.3 is 5.73 Å². The fourth-order valence-corrected chi connectivity index (χ4v) is 4.54. The van der Waals surface area contributed by atoms with Crippen LogP contribution in [0.1, 0.15) is 56.9 Å². The number of hydrogen-bond acceptors (Lipinski definition) is 1. The predicted octanol–water partition coefficient (Wildman–Crippen LogP) is 4.30. The molecule has 3 rings (SSSR count). The van der Waals surface area contributed by atoms with Crippen LogP contribution in [0, 0.1) is 17.0 Å². The first kappa shape index (κ1) is 14.0. The minimum absolute atomic E-state index is 0.201. The molecule has 1 spiro atoms. The van der Waals surface area contributed by atoms with Gasteiger partial charge in [0, 0.05) is 18.0 Å². The summed E-state index contributed by atoms with van der Waals surface area (Å²) in [6, 6.07) is 3.88. The van der Waals surface area contributed by atoms with Crippen LogP contribution < -0.4 is 5.73 Å². The Hall–Kier alpha value is -0.960. The molecule has 0 aromatic heterocycles. The molecule has 2 aliphatic carbocycles. The lowest BCUT2D eigenvalue weighted by atomic mass is 9.48. The van der Waals surface area contributed by atoms with Gasteiger partial charge in [0.25, 0.3) is 0 Å². The van der Waals surface area contributed by atoms with E-state index < -0.39 is 11.6 Å². The van der Waals surface area contributed by atoms with Gasteiger partial charge >= 0.3 is 0 Å². The highest BCUT2D eigenvalue weighted by atomic mass is 19.1. The van der Waals surface area contributed by atoms with Crippen LogP contribution in [0.25, 0.3) is 0 Å². The van der Waals surface area contributed by atoms with Gasteiger partial charge in [-0.25, -0.2) is 8.78 Å². The zero-order chi connectivity index (χ0) is 14.2. The second kappa shape index (κ2) is 5.10. The van der Waals surface area contributed by atoms with Gasteiger partial charge in [0.2, 0.25) is 0 Å². The number of rotatable bonds is 2. The molecule has 0 unspecified atom stereocenters. The van der Waals surface area contributed by atoms with Crippen molar-refractivity contribution >= 4 is 0 Å². The van der Waals surface area contributed by atoms with Crippen molar-refractivity contribution in [1.82, 2.24) is 0 Å². The summed E-state index contributed by atoms with van der Waals surface area (Å²) in [6.07, 6.45) is 9.74. The van der Waals surface area contributed by atoms with Crippen molar-refractivity contribution in [2.24, 2.45) is 11.1 Å². The van der Waals surface area contributed by atoms with Crippen LogP contribution in [-0.4, -0.2) is 6.54 Å². The van der Waals surface area contributed by atoms with Crippen LogP contribution in [0.15, 0.2) is 18.2 Å². The summed E-state index contributed by atoms with van der Waals surface area (Å²) in [7, 11) is 0. The fourth-order valence-electron chi connectivity index (χ4n) is 4.54. The molecule has 2 fully saturated rings. The molecule has 2 aliphatic rings. The lowest BCUT2D eigenvalue weighted by Gasteiger charge is -2.57. The Labute approximate surface area is 119 Å². The molecule has 2 saturated carbocycles. The molecule has 1 aromatic carbocycles. The van der Waals surface area contributed by atoms with Crippen LogP contribution in [0.4, 0.5) is 8.78 Å². The molecular formula is C17H23F2N. The molecular weight excluding hydrogens is 256 g/mol. The Morgan fingerprint density at radius 1 is 0.900 bits per heavy atom. The van der Waals surface area contributed by atoms with Crippen molar-refractivity contribution in [3.8, 4) is 0 Å². The Kier molecular flexibility index (Phi) is 3.57. The van der Waals surface area contributed by atoms with Crippen LogP contribution in [-0.2, 0) is 5.41 Å². The molecule has 0 radical (unpaired) electrons. The Morgan fingerprint density at radius 2 is 1.45 bits per heavy atom. The maximum atomic E-state index is 13.5. The quantitative estimate of drug-likeness (QED) is 0.858.